The van der Waals surface area contributed by atoms with Crippen molar-refractivity contribution in [2.45, 2.75) is 12.6 Å². The summed E-state index contributed by atoms with van der Waals surface area (Å²) in [5.41, 5.74) is -0.179. The largest absolute Gasteiger partial charge is 0.416 e. The molecule has 0 fully saturated rings. The van der Waals surface area contributed by atoms with Crippen LogP contribution in [0.3, 0.4) is 0 Å². The Labute approximate surface area is 112 Å². The lowest BCUT2D eigenvalue weighted by atomic mass is 10.1. The van der Waals surface area contributed by atoms with Gasteiger partial charge in [0.1, 0.15) is 0 Å². The van der Waals surface area contributed by atoms with Crippen molar-refractivity contribution in [3.8, 4) is 0 Å². The van der Waals surface area contributed by atoms with Gasteiger partial charge < -0.3 is 5.32 Å². The highest BCUT2D eigenvalue weighted by Gasteiger charge is 2.29. The minimum atomic E-state index is -4.35. The smallest absolute Gasteiger partial charge is 0.305 e. The van der Waals surface area contributed by atoms with Gasteiger partial charge in [0.2, 0.25) is 5.91 Å². The zero-order valence-corrected chi connectivity index (χ0v) is 10.6. The number of nitrogens with one attached hydrogen (secondary N) is 1. The Morgan fingerprint density at radius 3 is 2.53 bits per heavy atom. The number of alkyl halides is 3. The van der Waals surface area contributed by atoms with Gasteiger partial charge in [0.15, 0.2) is 5.17 Å². The number of carbonyl (C=O) groups excluding carboxylic acids is 1. The summed E-state index contributed by atoms with van der Waals surface area (Å²) in [4.78, 5) is 15.7. The topological polar surface area (TPSA) is 41.5 Å². The Morgan fingerprint density at radius 1 is 1.32 bits per heavy atom. The van der Waals surface area contributed by atoms with Gasteiger partial charge in [-0.05, 0) is 17.7 Å². The van der Waals surface area contributed by atoms with Crippen LogP contribution >= 0.6 is 11.8 Å². The van der Waals surface area contributed by atoms with Crippen LogP contribution in [-0.2, 0) is 17.4 Å². The van der Waals surface area contributed by atoms with Crippen LogP contribution in [0.15, 0.2) is 29.3 Å². The van der Waals surface area contributed by atoms with E-state index in [4.69, 9.17) is 0 Å². The summed E-state index contributed by atoms with van der Waals surface area (Å²) < 4.78 is 37.1. The Kier molecular flexibility index (Phi) is 4.14. The molecule has 7 heteroatoms. The van der Waals surface area contributed by atoms with Crippen LogP contribution in [0.25, 0.3) is 0 Å². The van der Waals surface area contributed by atoms with Crippen molar-refractivity contribution in [1.82, 2.24) is 5.32 Å². The molecule has 1 N–H and O–H groups in total. The number of hydrogen-bond donors (Lipinski definition) is 1. The Bertz CT molecular complexity index is 497. The minimum absolute atomic E-state index is 0.0394. The van der Waals surface area contributed by atoms with Gasteiger partial charge in [-0.1, -0.05) is 23.9 Å². The molecule has 0 saturated carbocycles. The van der Waals surface area contributed by atoms with Crippen LogP contribution in [0, 0.1) is 0 Å². The molecule has 0 atom stereocenters. The van der Waals surface area contributed by atoms with Crippen LogP contribution in [0.5, 0.6) is 0 Å². The van der Waals surface area contributed by atoms with Crippen molar-refractivity contribution in [1.29, 1.82) is 0 Å². The molecule has 2 rings (SSSR count). The lowest BCUT2D eigenvalue weighted by Crippen LogP contribution is -2.28. The van der Waals surface area contributed by atoms with Crippen molar-refractivity contribution in [2.75, 3.05) is 12.3 Å². The number of carbonyl (C=O) groups is 1. The maximum atomic E-state index is 12.4. The first-order chi connectivity index (χ1) is 8.95. The zero-order chi connectivity index (χ0) is 13.9. The molecule has 1 aliphatic rings. The number of halogens is 3. The quantitative estimate of drug-likeness (QED) is 0.908. The van der Waals surface area contributed by atoms with Gasteiger partial charge in [0.05, 0.1) is 18.5 Å². The normalized spacial score (nSPS) is 15.2. The number of amides is 1. The molecule has 3 nitrogen and oxygen atoms in total. The van der Waals surface area contributed by atoms with Crippen LogP contribution in [0.2, 0.25) is 0 Å². The maximum absolute atomic E-state index is 12.4. The lowest BCUT2D eigenvalue weighted by Gasteiger charge is -2.08. The number of amidine groups is 1. The van der Waals surface area contributed by atoms with Gasteiger partial charge in [-0.25, -0.2) is 0 Å². The van der Waals surface area contributed by atoms with E-state index < -0.39 is 11.7 Å². The fourth-order valence-corrected chi connectivity index (χ4v) is 2.32. The molecule has 1 amide bonds. The first kappa shape index (κ1) is 13.9. The molecular weight excluding hydrogens is 277 g/mol. The van der Waals surface area contributed by atoms with E-state index in [1.807, 2.05) is 0 Å². The summed E-state index contributed by atoms with van der Waals surface area (Å²) in [5, 5.41) is 3.20. The highest BCUT2D eigenvalue weighted by Crippen LogP contribution is 2.29. The van der Waals surface area contributed by atoms with Gasteiger partial charge >= 0.3 is 6.18 Å². The highest BCUT2D eigenvalue weighted by atomic mass is 32.2. The summed E-state index contributed by atoms with van der Waals surface area (Å²) >= 11 is 1.46. The minimum Gasteiger partial charge on any atom is -0.305 e. The highest BCUT2D eigenvalue weighted by molar-refractivity contribution is 8.14. The lowest BCUT2D eigenvalue weighted by molar-refractivity contribution is -0.137. The zero-order valence-electron chi connectivity index (χ0n) is 9.83. The van der Waals surface area contributed by atoms with Gasteiger partial charge in [-0.3, -0.25) is 9.79 Å². The van der Waals surface area contributed by atoms with E-state index >= 15 is 0 Å². The molecule has 1 aliphatic heterocycles. The van der Waals surface area contributed by atoms with Crippen molar-refractivity contribution < 1.29 is 18.0 Å². The van der Waals surface area contributed by atoms with Crippen molar-refractivity contribution in [3.05, 3.63) is 35.4 Å². The summed E-state index contributed by atoms with van der Waals surface area (Å²) in [6.45, 7) is 0.681. The van der Waals surface area contributed by atoms with E-state index in [1.54, 1.807) is 0 Å². The van der Waals surface area contributed by atoms with Gasteiger partial charge in [-0.2, -0.15) is 13.2 Å². The molecule has 0 bridgehead atoms. The van der Waals surface area contributed by atoms with Crippen molar-refractivity contribution >= 4 is 22.8 Å². The van der Waals surface area contributed by atoms with Crippen LogP contribution in [-0.4, -0.2) is 23.4 Å². The molecule has 0 aliphatic carbocycles. The summed E-state index contributed by atoms with van der Waals surface area (Å²) in [7, 11) is 0. The molecule has 0 radical (unpaired) electrons. The Morgan fingerprint density at radius 2 is 2.00 bits per heavy atom. The number of hydrogen-bond acceptors (Lipinski definition) is 3. The maximum Gasteiger partial charge on any atom is 0.416 e. The average Bonchev–Trinajstić information content (AvgIpc) is 2.81. The first-order valence-corrected chi connectivity index (χ1v) is 6.57. The van der Waals surface area contributed by atoms with Gasteiger partial charge in [0, 0.05) is 5.75 Å². The van der Waals surface area contributed by atoms with E-state index in [1.165, 1.54) is 23.9 Å². The molecule has 0 unspecified atom stereocenters. The average molecular weight is 288 g/mol. The number of rotatable bonds is 2. The predicted octanol–water partition coefficient (Wildman–Crippen LogP) is 2.47. The summed E-state index contributed by atoms with van der Waals surface area (Å²) in [6.07, 6.45) is -4.31. The van der Waals surface area contributed by atoms with E-state index in [2.05, 4.69) is 10.3 Å². The summed E-state index contributed by atoms with van der Waals surface area (Å²) in [6, 6.07) is 4.58. The van der Waals surface area contributed by atoms with E-state index in [9.17, 15) is 18.0 Å². The molecule has 1 aromatic rings. The SMILES string of the molecule is O=C(Cc1ccc(C(F)(F)F)cc1)NC1=NCCS1. The van der Waals surface area contributed by atoms with Crippen LogP contribution in [0.4, 0.5) is 13.2 Å². The Hall–Kier alpha value is -1.50. The second-order valence-electron chi connectivity index (χ2n) is 3.95. The standard InChI is InChI=1S/C12H11F3N2OS/c13-12(14,15)9-3-1-8(2-4-9)7-10(18)17-11-16-5-6-19-11/h1-4H,5-7H2,(H,16,17,18). The molecule has 0 saturated heterocycles. The number of nitrogens with zero attached hydrogens (tertiary/aromatic N) is 1. The van der Waals surface area contributed by atoms with Crippen molar-refractivity contribution in [3.63, 3.8) is 0 Å². The molecule has 0 spiro atoms. The molecule has 19 heavy (non-hydrogen) atoms. The molecule has 0 aromatic heterocycles. The monoisotopic (exact) mass is 288 g/mol. The Balaban J connectivity index is 1.94. The number of benzene rings is 1. The van der Waals surface area contributed by atoms with Gasteiger partial charge in [0.25, 0.3) is 0 Å². The van der Waals surface area contributed by atoms with Gasteiger partial charge in [-0.15, -0.1) is 0 Å². The number of thioether (sulfide) groups is 1. The second kappa shape index (κ2) is 5.64. The fraction of sp³-hybridized carbons (Fsp3) is 0.333. The molecule has 1 aromatic carbocycles. The molecular formula is C12H11F3N2OS. The number of aliphatic imine (C=N–C) groups is 1. The fourth-order valence-electron chi connectivity index (χ4n) is 1.57. The predicted molar refractivity (Wildman–Crippen MR) is 68.1 cm³/mol. The molecule has 1 heterocycles. The third-order valence-electron chi connectivity index (χ3n) is 2.48. The van der Waals surface area contributed by atoms with Crippen LogP contribution in [0.1, 0.15) is 11.1 Å². The second-order valence-corrected chi connectivity index (χ2v) is 5.04. The van der Waals surface area contributed by atoms with E-state index in [-0.39, 0.29) is 12.3 Å². The van der Waals surface area contributed by atoms with Crippen LogP contribution < -0.4 is 5.32 Å². The van der Waals surface area contributed by atoms with E-state index in [0.717, 1.165) is 17.9 Å². The molecule has 102 valence electrons. The first-order valence-electron chi connectivity index (χ1n) is 5.58. The van der Waals surface area contributed by atoms with E-state index in [0.29, 0.717) is 17.3 Å². The third-order valence-corrected chi connectivity index (χ3v) is 3.37. The van der Waals surface area contributed by atoms with Crippen molar-refractivity contribution in [2.24, 2.45) is 4.99 Å². The third kappa shape index (κ3) is 3.99. The summed E-state index contributed by atoms with van der Waals surface area (Å²) in [5.74, 6) is 0.573.